The van der Waals surface area contributed by atoms with Crippen molar-refractivity contribution in [2.24, 2.45) is 5.92 Å². The van der Waals surface area contributed by atoms with Crippen LogP contribution in [0.15, 0.2) is 35.9 Å². The molecule has 1 heterocycles. The van der Waals surface area contributed by atoms with Crippen LogP contribution in [0, 0.1) is 5.92 Å². The van der Waals surface area contributed by atoms with E-state index in [1.807, 2.05) is 24.3 Å². The zero-order valence-electron chi connectivity index (χ0n) is 14.6. The Bertz CT molecular complexity index is 549. The van der Waals surface area contributed by atoms with Crippen LogP contribution in [-0.4, -0.2) is 44.1 Å². The van der Waals surface area contributed by atoms with Gasteiger partial charge in [0.05, 0.1) is 19.6 Å². The molecule has 0 aliphatic carbocycles. The summed E-state index contributed by atoms with van der Waals surface area (Å²) in [6.45, 7) is 6.35. The van der Waals surface area contributed by atoms with Crippen LogP contribution in [0.25, 0.3) is 0 Å². The smallest absolute Gasteiger partial charge is 0.224 e. The van der Waals surface area contributed by atoms with E-state index in [1.54, 1.807) is 7.11 Å². The summed E-state index contributed by atoms with van der Waals surface area (Å²) in [6.07, 6.45) is 3.75. The molecule has 0 unspecified atom stereocenters. The van der Waals surface area contributed by atoms with Crippen LogP contribution in [0.1, 0.15) is 25.8 Å². The van der Waals surface area contributed by atoms with Crippen molar-refractivity contribution in [3.05, 3.63) is 41.5 Å². The van der Waals surface area contributed by atoms with Gasteiger partial charge in [-0.2, -0.15) is 0 Å². The lowest BCUT2D eigenvalue weighted by Gasteiger charge is -2.31. The van der Waals surface area contributed by atoms with E-state index in [9.17, 15) is 4.79 Å². The van der Waals surface area contributed by atoms with Crippen LogP contribution in [0.5, 0.6) is 5.75 Å². The highest BCUT2D eigenvalue weighted by Crippen LogP contribution is 2.18. The van der Waals surface area contributed by atoms with Gasteiger partial charge < -0.3 is 15.0 Å². The Balaban J connectivity index is 1.98. The molecule has 4 nitrogen and oxygen atoms in total. The molecule has 0 spiro atoms. The second-order valence-electron chi connectivity index (χ2n) is 6.62. The molecule has 0 aromatic heterocycles. The number of nitrogens with one attached hydrogen (secondary N) is 1. The van der Waals surface area contributed by atoms with Crippen molar-refractivity contribution in [3.63, 3.8) is 0 Å². The van der Waals surface area contributed by atoms with E-state index in [-0.39, 0.29) is 11.9 Å². The number of likely N-dealkylation sites (N-methyl/N-ethyl adjacent to an activating group) is 1. The van der Waals surface area contributed by atoms with Crippen molar-refractivity contribution >= 4 is 5.91 Å². The number of nitrogens with zero attached hydrogens (tertiary/aromatic N) is 1. The molecule has 0 radical (unpaired) electrons. The topological polar surface area (TPSA) is 41.6 Å². The zero-order chi connectivity index (χ0) is 16.8. The first-order chi connectivity index (χ1) is 11.0. The first-order valence-electron chi connectivity index (χ1n) is 8.29. The average Bonchev–Trinajstić information content (AvgIpc) is 2.53. The fourth-order valence-electron chi connectivity index (χ4n) is 2.99. The molecular formula is C19H28N2O2. The standard InChI is InChI=1S/C19H28N2O2/c1-14(2)19(16-6-5-11-21(3)13-16)20-18(22)12-15-7-9-17(23-4)10-8-15/h6-10,14,19H,5,11-13H2,1-4H3,(H,20,22)/t19-/m0/s1. The summed E-state index contributed by atoms with van der Waals surface area (Å²) in [4.78, 5) is 14.7. The van der Waals surface area contributed by atoms with Gasteiger partial charge in [-0.3, -0.25) is 4.79 Å². The lowest BCUT2D eigenvalue weighted by Crippen LogP contribution is -2.44. The molecule has 0 fully saturated rings. The molecule has 1 aliphatic heterocycles. The first kappa shape index (κ1) is 17.5. The van der Waals surface area contributed by atoms with Crippen molar-refractivity contribution < 1.29 is 9.53 Å². The first-order valence-corrected chi connectivity index (χ1v) is 8.29. The van der Waals surface area contributed by atoms with E-state index in [1.165, 1.54) is 5.57 Å². The van der Waals surface area contributed by atoms with Gasteiger partial charge in [0.15, 0.2) is 0 Å². The summed E-state index contributed by atoms with van der Waals surface area (Å²) in [5.41, 5.74) is 2.33. The van der Waals surface area contributed by atoms with E-state index < -0.39 is 0 Å². The summed E-state index contributed by atoms with van der Waals surface area (Å²) in [7, 11) is 3.77. The Kier molecular flexibility index (Phi) is 6.22. The number of hydrogen-bond donors (Lipinski definition) is 1. The van der Waals surface area contributed by atoms with Crippen LogP contribution in [0.4, 0.5) is 0 Å². The highest BCUT2D eigenvalue weighted by atomic mass is 16.5. The predicted octanol–water partition coefficient (Wildman–Crippen LogP) is 2.64. The number of hydrogen-bond acceptors (Lipinski definition) is 3. The third-order valence-corrected chi connectivity index (χ3v) is 4.28. The van der Waals surface area contributed by atoms with Crippen LogP contribution in [-0.2, 0) is 11.2 Å². The third-order valence-electron chi connectivity index (χ3n) is 4.28. The molecule has 0 saturated heterocycles. The van der Waals surface area contributed by atoms with Crippen molar-refractivity contribution in [2.75, 3.05) is 27.2 Å². The number of benzene rings is 1. The fourth-order valence-corrected chi connectivity index (χ4v) is 2.99. The summed E-state index contributed by atoms with van der Waals surface area (Å²) >= 11 is 0. The average molecular weight is 316 g/mol. The van der Waals surface area contributed by atoms with E-state index in [4.69, 9.17) is 4.74 Å². The number of carbonyl (C=O) groups excluding carboxylic acids is 1. The van der Waals surface area contributed by atoms with Gasteiger partial charge in [-0.25, -0.2) is 0 Å². The Labute approximate surface area is 139 Å². The molecule has 1 aliphatic rings. The molecule has 1 aromatic rings. The van der Waals surface area contributed by atoms with E-state index in [2.05, 4.69) is 37.2 Å². The minimum absolute atomic E-state index is 0.0722. The van der Waals surface area contributed by atoms with Gasteiger partial charge in [0.25, 0.3) is 0 Å². The molecule has 2 rings (SSSR count). The Morgan fingerprint density at radius 3 is 2.57 bits per heavy atom. The van der Waals surface area contributed by atoms with E-state index >= 15 is 0 Å². The van der Waals surface area contributed by atoms with Crippen molar-refractivity contribution in [2.45, 2.75) is 32.7 Å². The highest BCUT2D eigenvalue weighted by molar-refractivity contribution is 5.79. The van der Waals surface area contributed by atoms with Gasteiger partial charge in [-0.1, -0.05) is 32.1 Å². The molecule has 0 bridgehead atoms. The van der Waals surface area contributed by atoms with Crippen molar-refractivity contribution in [1.29, 1.82) is 0 Å². The molecule has 1 aromatic carbocycles. The fraction of sp³-hybridized carbons (Fsp3) is 0.526. The maximum atomic E-state index is 12.4. The number of amides is 1. The van der Waals surface area contributed by atoms with Crippen LogP contribution >= 0.6 is 0 Å². The van der Waals surface area contributed by atoms with E-state index in [0.717, 1.165) is 30.8 Å². The largest absolute Gasteiger partial charge is 0.497 e. The number of methoxy groups -OCH3 is 1. The summed E-state index contributed by atoms with van der Waals surface area (Å²) in [5, 5.41) is 3.22. The quantitative estimate of drug-likeness (QED) is 0.820. The minimum atomic E-state index is 0.0722. The van der Waals surface area contributed by atoms with E-state index in [0.29, 0.717) is 12.3 Å². The minimum Gasteiger partial charge on any atom is -0.497 e. The monoisotopic (exact) mass is 316 g/mol. The second-order valence-corrected chi connectivity index (χ2v) is 6.62. The summed E-state index contributed by atoms with van der Waals surface area (Å²) in [6, 6.07) is 7.78. The molecule has 0 saturated carbocycles. The van der Waals surface area contributed by atoms with Crippen LogP contribution < -0.4 is 10.1 Å². The zero-order valence-corrected chi connectivity index (χ0v) is 14.6. The van der Waals surface area contributed by atoms with Crippen LogP contribution in [0.2, 0.25) is 0 Å². The van der Waals surface area contributed by atoms with Crippen molar-refractivity contribution in [1.82, 2.24) is 10.2 Å². The summed E-state index contributed by atoms with van der Waals surface area (Å²) < 4.78 is 5.15. The van der Waals surface area contributed by atoms with Gasteiger partial charge in [-0.05, 0) is 42.7 Å². The van der Waals surface area contributed by atoms with Crippen LogP contribution in [0.3, 0.4) is 0 Å². The SMILES string of the molecule is COc1ccc(CC(=O)N[C@H](C2=CCCN(C)C2)C(C)C)cc1. The molecule has 4 heteroatoms. The van der Waals surface area contributed by atoms with Gasteiger partial charge in [0.1, 0.15) is 5.75 Å². The van der Waals surface area contributed by atoms with Gasteiger partial charge >= 0.3 is 0 Å². The normalized spacial score (nSPS) is 16.8. The van der Waals surface area contributed by atoms with Gasteiger partial charge in [-0.15, -0.1) is 0 Å². The maximum absolute atomic E-state index is 12.4. The number of rotatable bonds is 6. The molecule has 1 amide bonds. The number of carbonyl (C=O) groups is 1. The second kappa shape index (κ2) is 8.16. The lowest BCUT2D eigenvalue weighted by molar-refractivity contribution is -0.121. The molecule has 1 N–H and O–H groups in total. The number of ether oxygens (including phenoxy) is 1. The molecular weight excluding hydrogens is 288 g/mol. The lowest BCUT2D eigenvalue weighted by atomic mass is 9.92. The molecule has 23 heavy (non-hydrogen) atoms. The Morgan fingerprint density at radius 2 is 2.00 bits per heavy atom. The van der Waals surface area contributed by atoms with Crippen molar-refractivity contribution in [3.8, 4) is 5.75 Å². The highest BCUT2D eigenvalue weighted by Gasteiger charge is 2.23. The van der Waals surface area contributed by atoms with Gasteiger partial charge in [0, 0.05) is 13.1 Å². The Morgan fingerprint density at radius 1 is 1.30 bits per heavy atom. The summed E-state index contributed by atoms with van der Waals surface area (Å²) in [5.74, 6) is 1.26. The maximum Gasteiger partial charge on any atom is 0.224 e. The molecule has 126 valence electrons. The molecule has 1 atom stereocenters. The third kappa shape index (κ3) is 5.10. The predicted molar refractivity (Wildman–Crippen MR) is 93.7 cm³/mol. The Hall–Kier alpha value is -1.81. The van der Waals surface area contributed by atoms with Gasteiger partial charge in [0.2, 0.25) is 5.91 Å².